The fourth-order valence-electron chi connectivity index (χ4n) is 3.98. The summed E-state index contributed by atoms with van der Waals surface area (Å²) in [4.78, 5) is 12.3. The van der Waals surface area contributed by atoms with Crippen LogP contribution in [0.1, 0.15) is 43.9 Å². The lowest BCUT2D eigenvalue weighted by atomic mass is 9.75. The Morgan fingerprint density at radius 1 is 0.941 bits per heavy atom. The number of alkyl halides is 3. The van der Waals surface area contributed by atoms with Gasteiger partial charge in [0.2, 0.25) is 0 Å². The third kappa shape index (κ3) is 5.57. The normalized spacial score (nSPS) is 13.2. The summed E-state index contributed by atoms with van der Waals surface area (Å²) in [6, 6.07) is 18.9. The van der Waals surface area contributed by atoms with Crippen molar-refractivity contribution in [3.63, 3.8) is 0 Å². The molecule has 0 aliphatic carbocycles. The SMILES string of the molecule is CC(C)CC(C)(C(=O)O)c1cc(Nc2ccc(C#N)cc2)cc(-c2ccc(C(F)(F)F)cc2)c1. The van der Waals surface area contributed by atoms with Gasteiger partial charge in [-0.2, -0.15) is 18.4 Å². The van der Waals surface area contributed by atoms with Gasteiger partial charge in [0.1, 0.15) is 0 Å². The van der Waals surface area contributed by atoms with E-state index in [2.05, 4.69) is 11.4 Å². The topological polar surface area (TPSA) is 73.1 Å². The van der Waals surface area contributed by atoms with E-state index >= 15 is 0 Å². The first-order valence-electron chi connectivity index (χ1n) is 10.8. The minimum atomic E-state index is -4.44. The fraction of sp³-hybridized carbons (Fsp3) is 0.259. The maximum Gasteiger partial charge on any atom is 0.416 e. The smallest absolute Gasteiger partial charge is 0.416 e. The van der Waals surface area contributed by atoms with Gasteiger partial charge in [0.25, 0.3) is 0 Å². The molecule has 0 saturated heterocycles. The summed E-state index contributed by atoms with van der Waals surface area (Å²) in [5.41, 5.74) is 1.51. The van der Waals surface area contributed by atoms with Crippen LogP contribution in [0.2, 0.25) is 0 Å². The fourth-order valence-corrected chi connectivity index (χ4v) is 3.98. The first-order valence-corrected chi connectivity index (χ1v) is 10.8. The highest BCUT2D eigenvalue weighted by Crippen LogP contribution is 2.38. The van der Waals surface area contributed by atoms with Gasteiger partial charge in [-0.05, 0) is 90.6 Å². The number of hydrogen-bond donors (Lipinski definition) is 2. The van der Waals surface area contributed by atoms with Crippen molar-refractivity contribution in [2.24, 2.45) is 5.92 Å². The summed E-state index contributed by atoms with van der Waals surface area (Å²) in [5.74, 6) is -0.874. The van der Waals surface area contributed by atoms with Crippen LogP contribution in [0.4, 0.5) is 24.5 Å². The number of anilines is 2. The second-order valence-electron chi connectivity index (χ2n) is 8.92. The lowest BCUT2D eigenvalue weighted by Gasteiger charge is -2.28. The molecule has 3 aromatic rings. The van der Waals surface area contributed by atoms with E-state index in [1.807, 2.05) is 13.8 Å². The number of nitrogens with one attached hydrogen (secondary N) is 1. The molecule has 0 fully saturated rings. The summed E-state index contributed by atoms with van der Waals surface area (Å²) in [6.45, 7) is 5.54. The molecule has 3 rings (SSSR count). The molecule has 7 heteroatoms. The van der Waals surface area contributed by atoms with Gasteiger partial charge in [-0.25, -0.2) is 0 Å². The van der Waals surface area contributed by atoms with Crippen LogP contribution in [0.15, 0.2) is 66.7 Å². The van der Waals surface area contributed by atoms with Crippen LogP contribution in [0.5, 0.6) is 0 Å². The first kappa shape index (κ1) is 24.8. The number of carbonyl (C=O) groups is 1. The largest absolute Gasteiger partial charge is 0.481 e. The van der Waals surface area contributed by atoms with Crippen LogP contribution in [-0.4, -0.2) is 11.1 Å². The molecule has 0 bridgehead atoms. The van der Waals surface area contributed by atoms with E-state index in [1.165, 1.54) is 12.1 Å². The van der Waals surface area contributed by atoms with Gasteiger partial charge in [-0.15, -0.1) is 0 Å². The molecule has 0 saturated carbocycles. The standard InChI is InChI=1S/C27H25F3N2O2/c1-17(2)15-26(3,25(33)34)22-12-20(19-6-8-21(9-7-19)27(28,29)30)13-24(14-22)32-23-10-4-18(16-31)5-11-23/h4-14,17,32H,15H2,1-3H3,(H,33,34). The average molecular weight is 467 g/mol. The molecule has 1 atom stereocenters. The predicted octanol–water partition coefficient (Wildman–Crippen LogP) is 7.38. The Hall–Kier alpha value is -3.79. The lowest BCUT2D eigenvalue weighted by molar-refractivity contribution is -0.144. The molecule has 34 heavy (non-hydrogen) atoms. The van der Waals surface area contributed by atoms with Crippen molar-refractivity contribution in [3.05, 3.63) is 83.4 Å². The highest BCUT2D eigenvalue weighted by Gasteiger charge is 2.36. The van der Waals surface area contributed by atoms with Gasteiger partial charge in [0, 0.05) is 11.4 Å². The predicted molar refractivity (Wildman–Crippen MR) is 126 cm³/mol. The Labute approximate surface area is 196 Å². The molecule has 0 heterocycles. The molecule has 0 aliphatic rings. The average Bonchev–Trinajstić information content (AvgIpc) is 2.78. The minimum Gasteiger partial charge on any atom is -0.481 e. The van der Waals surface area contributed by atoms with Crippen LogP contribution in [-0.2, 0) is 16.4 Å². The van der Waals surface area contributed by atoms with E-state index in [-0.39, 0.29) is 5.92 Å². The molecule has 176 valence electrons. The molecule has 3 aromatic carbocycles. The Bertz CT molecular complexity index is 1210. The Morgan fingerprint density at radius 3 is 2.06 bits per heavy atom. The number of carboxylic acids is 1. The quantitative estimate of drug-likeness (QED) is 0.381. The number of rotatable bonds is 7. The molecule has 0 aromatic heterocycles. The zero-order valence-electron chi connectivity index (χ0n) is 19.1. The van der Waals surface area contributed by atoms with Gasteiger partial charge in [-0.1, -0.05) is 26.0 Å². The van der Waals surface area contributed by atoms with Crippen molar-refractivity contribution >= 4 is 17.3 Å². The minimum absolute atomic E-state index is 0.103. The highest BCUT2D eigenvalue weighted by atomic mass is 19.4. The van der Waals surface area contributed by atoms with Crippen molar-refractivity contribution in [2.45, 2.75) is 38.8 Å². The van der Waals surface area contributed by atoms with Gasteiger partial charge in [0.15, 0.2) is 0 Å². The Kier molecular flexibility index (Phi) is 7.01. The molecule has 0 radical (unpaired) electrons. The molecule has 0 aliphatic heterocycles. The summed E-state index contributed by atoms with van der Waals surface area (Å²) in [7, 11) is 0. The van der Waals surface area contributed by atoms with E-state index in [1.54, 1.807) is 49.4 Å². The molecular formula is C27H25F3N2O2. The zero-order valence-corrected chi connectivity index (χ0v) is 19.1. The van der Waals surface area contributed by atoms with Crippen molar-refractivity contribution < 1.29 is 23.1 Å². The van der Waals surface area contributed by atoms with E-state index in [0.717, 1.165) is 12.1 Å². The van der Waals surface area contributed by atoms with Crippen LogP contribution in [0.25, 0.3) is 11.1 Å². The second-order valence-corrected chi connectivity index (χ2v) is 8.92. The van der Waals surface area contributed by atoms with Crippen molar-refractivity contribution in [1.29, 1.82) is 5.26 Å². The number of nitrogens with zero attached hydrogens (tertiary/aromatic N) is 1. The lowest BCUT2D eigenvalue weighted by Crippen LogP contribution is -2.34. The monoisotopic (exact) mass is 466 g/mol. The number of carboxylic acid groups (broad SMARTS) is 1. The van der Waals surface area contributed by atoms with E-state index in [4.69, 9.17) is 5.26 Å². The van der Waals surface area contributed by atoms with Crippen LogP contribution < -0.4 is 5.32 Å². The van der Waals surface area contributed by atoms with E-state index in [9.17, 15) is 23.1 Å². The molecule has 4 nitrogen and oxygen atoms in total. The summed E-state index contributed by atoms with van der Waals surface area (Å²) >= 11 is 0. The van der Waals surface area contributed by atoms with E-state index in [0.29, 0.717) is 40.0 Å². The number of benzene rings is 3. The maximum atomic E-state index is 13.0. The summed E-state index contributed by atoms with van der Waals surface area (Å²) < 4.78 is 39.1. The van der Waals surface area contributed by atoms with Gasteiger partial charge in [-0.3, -0.25) is 4.79 Å². The molecule has 2 N–H and O–H groups in total. The van der Waals surface area contributed by atoms with E-state index < -0.39 is 23.1 Å². The van der Waals surface area contributed by atoms with Gasteiger partial charge in [0.05, 0.1) is 22.6 Å². The first-order chi connectivity index (χ1) is 15.9. The third-order valence-corrected chi connectivity index (χ3v) is 5.71. The van der Waals surface area contributed by atoms with Crippen molar-refractivity contribution in [1.82, 2.24) is 0 Å². The van der Waals surface area contributed by atoms with Gasteiger partial charge < -0.3 is 10.4 Å². The Morgan fingerprint density at radius 2 is 1.56 bits per heavy atom. The van der Waals surface area contributed by atoms with Crippen LogP contribution >= 0.6 is 0 Å². The maximum absolute atomic E-state index is 13.0. The summed E-state index contributed by atoms with van der Waals surface area (Å²) in [5, 5.41) is 22.3. The molecule has 0 amide bonds. The third-order valence-electron chi connectivity index (χ3n) is 5.71. The summed E-state index contributed by atoms with van der Waals surface area (Å²) in [6.07, 6.45) is -4.06. The van der Waals surface area contributed by atoms with Crippen molar-refractivity contribution in [3.8, 4) is 17.2 Å². The zero-order chi connectivity index (χ0) is 25.1. The number of nitriles is 1. The van der Waals surface area contributed by atoms with Gasteiger partial charge >= 0.3 is 12.1 Å². The highest BCUT2D eigenvalue weighted by molar-refractivity contribution is 5.83. The van der Waals surface area contributed by atoms with Crippen LogP contribution in [0.3, 0.4) is 0 Å². The van der Waals surface area contributed by atoms with Crippen molar-refractivity contribution in [2.75, 3.05) is 5.32 Å². The molecule has 1 unspecified atom stereocenters. The molecular weight excluding hydrogens is 441 g/mol. The molecule has 0 spiro atoms. The Balaban J connectivity index is 2.12. The number of hydrogen-bond acceptors (Lipinski definition) is 3. The number of aliphatic carboxylic acids is 1. The number of halogens is 3. The van der Waals surface area contributed by atoms with Crippen LogP contribution in [0, 0.1) is 17.2 Å². The second kappa shape index (κ2) is 9.60.